The molecule has 0 saturated carbocycles. The number of fused-ring (bicyclic) bond motifs is 1. The quantitative estimate of drug-likeness (QED) is 0.907. The molecule has 1 N–H and O–H groups in total. The minimum atomic E-state index is -0.174. The maximum Gasteiger partial charge on any atom is 0.124 e. The first kappa shape index (κ1) is 16.1. The van der Waals surface area contributed by atoms with Crippen LogP contribution in [0.15, 0.2) is 18.2 Å². The van der Waals surface area contributed by atoms with Crippen molar-refractivity contribution in [2.75, 3.05) is 26.2 Å². The van der Waals surface area contributed by atoms with Gasteiger partial charge in [-0.05, 0) is 62.5 Å². The van der Waals surface area contributed by atoms with E-state index >= 15 is 0 Å². The second-order valence-corrected chi connectivity index (χ2v) is 7.55. The van der Waals surface area contributed by atoms with Gasteiger partial charge in [0, 0.05) is 6.54 Å². The first-order chi connectivity index (χ1) is 10.2. The Morgan fingerprint density at radius 1 is 1.27 bits per heavy atom. The van der Waals surface area contributed by atoms with Crippen LogP contribution in [-0.2, 0) is 6.54 Å². The van der Waals surface area contributed by atoms with Gasteiger partial charge in [-0.2, -0.15) is 0 Å². The normalized spacial score (nSPS) is 21.3. The van der Waals surface area contributed by atoms with Crippen LogP contribution in [0.1, 0.15) is 24.3 Å². The fourth-order valence-electron chi connectivity index (χ4n) is 3.73. The van der Waals surface area contributed by atoms with E-state index in [9.17, 15) is 4.39 Å². The zero-order valence-electron chi connectivity index (χ0n) is 12.5. The lowest BCUT2D eigenvalue weighted by atomic mass is 9.78. The smallest absolute Gasteiger partial charge is 0.124 e. The third-order valence-electron chi connectivity index (χ3n) is 4.94. The molecule has 4 rings (SSSR count). The Morgan fingerprint density at radius 3 is 2.91 bits per heavy atom. The highest BCUT2D eigenvalue weighted by Crippen LogP contribution is 2.39. The van der Waals surface area contributed by atoms with E-state index < -0.39 is 0 Å². The van der Waals surface area contributed by atoms with Crippen LogP contribution in [0.4, 0.5) is 4.39 Å². The number of rotatable bonds is 2. The molecule has 0 radical (unpaired) electrons. The molecule has 1 aromatic carbocycles. The second kappa shape index (κ2) is 6.40. The van der Waals surface area contributed by atoms with Gasteiger partial charge in [0.1, 0.15) is 10.8 Å². The molecule has 2 saturated heterocycles. The predicted molar refractivity (Wildman–Crippen MR) is 91.3 cm³/mol. The summed E-state index contributed by atoms with van der Waals surface area (Å²) in [4.78, 5) is 7.18. The average Bonchev–Trinajstić information content (AvgIpc) is 3.04. The molecule has 2 aliphatic heterocycles. The first-order valence-electron chi connectivity index (χ1n) is 7.71. The molecule has 1 aromatic heterocycles. The van der Waals surface area contributed by atoms with E-state index in [-0.39, 0.29) is 18.2 Å². The highest BCUT2D eigenvalue weighted by Gasteiger charge is 2.38. The molecule has 6 heteroatoms. The molecule has 0 bridgehead atoms. The number of benzene rings is 1. The van der Waals surface area contributed by atoms with Gasteiger partial charge in [0.25, 0.3) is 0 Å². The fraction of sp³-hybridized carbons (Fsp3) is 0.562. The van der Waals surface area contributed by atoms with Gasteiger partial charge < -0.3 is 5.32 Å². The Morgan fingerprint density at radius 2 is 2.09 bits per heavy atom. The van der Waals surface area contributed by atoms with Crippen LogP contribution in [0, 0.1) is 11.2 Å². The Balaban J connectivity index is 0.00000144. The van der Waals surface area contributed by atoms with Gasteiger partial charge in [-0.25, -0.2) is 9.37 Å². The van der Waals surface area contributed by atoms with Gasteiger partial charge in [-0.15, -0.1) is 23.7 Å². The lowest BCUT2D eigenvalue weighted by Gasteiger charge is -2.33. The van der Waals surface area contributed by atoms with Crippen molar-refractivity contribution < 1.29 is 4.39 Å². The Hall–Kier alpha value is -0.750. The Labute approximate surface area is 140 Å². The van der Waals surface area contributed by atoms with Crippen LogP contribution in [0.25, 0.3) is 10.2 Å². The minimum Gasteiger partial charge on any atom is -0.317 e. The molecular weight excluding hydrogens is 321 g/mol. The number of likely N-dealkylation sites (tertiary alicyclic amines) is 1. The van der Waals surface area contributed by atoms with Crippen molar-refractivity contribution in [1.29, 1.82) is 0 Å². The summed E-state index contributed by atoms with van der Waals surface area (Å²) in [5.41, 5.74) is 1.46. The fourth-order valence-corrected chi connectivity index (χ4v) is 4.77. The Bertz CT molecular complexity index is 654. The van der Waals surface area contributed by atoms with Crippen molar-refractivity contribution >= 4 is 34.0 Å². The second-order valence-electron chi connectivity index (χ2n) is 6.43. The number of nitrogens with zero attached hydrogens (tertiary/aromatic N) is 2. The topological polar surface area (TPSA) is 28.2 Å². The maximum absolute atomic E-state index is 13.3. The van der Waals surface area contributed by atoms with E-state index in [1.165, 1.54) is 38.4 Å². The van der Waals surface area contributed by atoms with Crippen molar-refractivity contribution in [2.45, 2.75) is 25.8 Å². The van der Waals surface area contributed by atoms with Gasteiger partial charge >= 0.3 is 0 Å². The van der Waals surface area contributed by atoms with Gasteiger partial charge in [-0.1, -0.05) is 0 Å². The lowest BCUT2D eigenvalue weighted by Crippen LogP contribution is -2.38. The molecule has 1 spiro atoms. The minimum absolute atomic E-state index is 0. The molecule has 0 unspecified atom stereocenters. The predicted octanol–water partition coefficient (Wildman–Crippen LogP) is 3.43. The van der Waals surface area contributed by atoms with Crippen LogP contribution in [0.5, 0.6) is 0 Å². The van der Waals surface area contributed by atoms with Crippen molar-refractivity contribution in [3.8, 4) is 0 Å². The van der Waals surface area contributed by atoms with Crippen LogP contribution in [0.3, 0.4) is 0 Å². The molecule has 0 amide bonds. The molecule has 2 aromatic rings. The SMILES string of the molecule is Cl.Fc1ccc2nc(CN3CCC4(CCNCC4)C3)sc2c1. The number of hydrogen-bond acceptors (Lipinski definition) is 4. The Kier molecular flexibility index (Phi) is 4.69. The number of piperidine rings is 1. The van der Waals surface area contributed by atoms with Crippen molar-refractivity contribution in [3.05, 3.63) is 29.0 Å². The number of aromatic nitrogens is 1. The molecule has 120 valence electrons. The van der Waals surface area contributed by atoms with Crippen LogP contribution >= 0.6 is 23.7 Å². The summed E-state index contributed by atoms with van der Waals surface area (Å²) in [6.45, 7) is 5.60. The van der Waals surface area contributed by atoms with Gasteiger partial charge in [0.2, 0.25) is 0 Å². The third kappa shape index (κ3) is 3.13. The monoisotopic (exact) mass is 341 g/mol. The van der Waals surface area contributed by atoms with Crippen molar-refractivity contribution in [3.63, 3.8) is 0 Å². The van der Waals surface area contributed by atoms with E-state index in [2.05, 4.69) is 15.2 Å². The molecule has 22 heavy (non-hydrogen) atoms. The van der Waals surface area contributed by atoms with E-state index in [1.807, 2.05) is 0 Å². The van der Waals surface area contributed by atoms with Crippen LogP contribution in [0.2, 0.25) is 0 Å². The summed E-state index contributed by atoms with van der Waals surface area (Å²) >= 11 is 1.63. The largest absolute Gasteiger partial charge is 0.317 e. The summed E-state index contributed by atoms with van der Waals surface area (Å²) in [5, 5.41) is 4.57. The summed E-state index contributed by atoms with van der Waals surface area (Å²) in [7, 11) is 0. The zero-order valence-corrected chi connectivity index (χ0v) is 14.1. The molecule has 0 atom stereocenters. The van der Waals surface area contributed by atoms with E-state index in [0.717, 1.165) is 34.9 Å². The average molecular weight is 342 g/mol. The van der Waals surface area contributed by atoms with Crippen LogP contribution < -0.4 is 5.32 Å². The van der Waals surface area contributed by atoms with Crippen molar-refractivity contribution in [2.24, 2.45) is 5.41 Å². The van der Waals surface area contributed by atoms with Crippen LogP contribution in [-0.4, -0.2) is 36.1 Å². The van der Waals surface area contributed by atoms with Crippen molar-refractivity contribution in [1.82, 2.24) is 15.2 Å². The summed E-state index contributed by atoms with van der Waals surface area (Å²) in [5.74, 6) is -0.174. The van der Waals surface area contributed by atoms with Gasteiger partial charge in [0.05, 0.1) is 16.8 Å². The van der Waals surface area contributed by atoms with E-state index in [1.54, 1.807) is 23.5 Å². The molecule has 2 aliphatic rings. The summed E-state index contributed by atoms with van der Waals surface area (Å²) < 4.78 is 14.2. The molecule has 3 nitrogen and oxygen atoms in total. The standard InChI is InChI=1S/C16H20FN3S.ClH/c17-12-1-2-13-14(9-12)21-15(19-13)10-20-8-5-16(11-20)3-6-18-7-4-16;/h1-2,9,18H,3-8,10-11H2;1H. The number of halogens is 2. The first-order valence-corrected chi connectivity index (χ1v) is 8.52. The zero-order chi connectivity index (χ0) is 14.3. The molecule has 3 heterocycles. The van der Waals surface area contributed by atoms with Gasteiger partial charge in [0.15, 0.2) is 0 Å². The molecule has 0 aliphatic carbocycles. The number of hydrogen-bond donors (Lipinski definition) is 1. The third-order valence-corrected chi connectivity index (χ3v) is 5.94. The number of nitrogens with one attached hydrogen (secondary N) is 1. The highest BCUT2D eigenvalue weighted by molar-refractivity contribution is 7.18. The molecular formula is C16H21ClFN3S. The lowest BCUT2D eigenvalue weighted by molar-refractivity contribution is 0.194. The summed E-state index contributed by atoms with van der Waals surface area (Å²) in [6, 6.07) is 4.86. The maximum atomic E-state index is 13.3. The molecule has 2 fully saturated rings. The summed E-state index contributed by atoms with van der Waals surface area (Å²) in [6.07, 6.45) is 3.91. The van der Waals surface area contributed by atoms with E-state index in [4.69, 9.17) is 0 Å². The highest BCUT2D eigenvalue weighted by atomic mass is 35.5. The van der Waals surface area contributed by atoms with Gasteiger partial charge in [-0.3, -0.25) is 4.90 Å². The van der Waals surface area contributed by atoms with E-state index in [0.29, 0.717) is 5.41 Å². The number of thiazole rings is 1.